The van der Waals surface area contributed by atoms with Crippen molar-refractivity contribution in [3.63, 3.8) is 0 Å². The molecule has 0 radical (unpaired) electrons. The van der Waals surface area contributed by atoms with Gasteiger partial charge in [-0.15, -0.1) is 5.10 Å². The highest BCUT2D eigenvalue weighted by Crippen LogP contribution is 2.17. The molecular formula is C12H15ClN4O. The largest absolute Gasteiger partial charge is 0.492 e. The van der Waals surface area contributed by atoms with Crippen LogP contribution in [-0.4, -0.2) is 27.6 Å². The van der Waals surface area contributed by atoms with Gasteiger partial charge >= 0.3 is 0 Å². The summed E-state index contributed by atoms with van der Waals surface area (Å²) in [5.74, 6) is 0.720. The first-order valence-electron chi connectivity index (χ1n) is 5.62. The molecule has 2 rings (SSSR count). The van der Waals surface area contributed by atoms with Gasteiger partial charge in [-0.2, -0.15) is 0 Å². The van der Waals surface area contributed by atoms with Crippen molar-refractivity contribution in [3.05, 3.63) is 41.2 Å². The molecule has 1 aromatic heterocycles. The third-order valence-corrected chi connectivity index (χ3v) is 2.62. The molecule has 0 saturated carbocycles. The smallest absolute Gasteiger partial charge is 0.120 e. The number of aromatic nitrogens is 3. The molecule has 1 unspecified atom stereocenters. The van der Waals surface area contributed by atoms with Gasteiger partial charge in [-0.05, 0) is 18.2 Å². The molecule has 0 amide bonds. The first-order valence-corrected chi connectivity index (χ1v) is 6.00. The van der Waals surface area contributed by atoms with Crippen molar-refractivity contribution in [2.75, 3.05) is 6.61 Å². The fourth-order valence-electron chi connectivity index (χ4n) is 1.58. The van der Waals surface area contributed by atoms with E-state index >= 15 is 0 Å². The van der Waals surface area contributed by atoms with Gasteiger partial charge in [0.05, 0.1) is 5.69 Å². The summed E-state index contributed by atoms with van der Waals surface area (Å²) in [6, 6.07) is 7.12. The van der Waals surface area contributed by atoms with Crippen molar-refractivity contribution >= 4 is 11.6 Å². The molecular weight excluding hydrogens is 252 g/mol. The fourth-order valence-corrected chi connectivity index (χ4v) is 1.76. The molecule has 18 heavy (non-hydrogen) atoms. The highest BCUT2D eigenvalue weighted by Gasteiger charge is 2.08. The van der Waals surface area contributed by atoms with Gasteiger partial charge in [0.2, 0.25) is 0 Å². The highest BCUT2D eigenvalue weighted by atomic mass is 35.5. The van der Waals surface area contributed by atoms with E-state index in [1.807, 2.05) is 25.4 Å². The zero-order chi connectivity index (χ0) is 13.0. The summed E-state index contributed by atoms with van der Waals surface area (Å²) in [6.45, 7) is 0.414. The zero-order valence-electron chi connectivity index (χ0n) is 10.1. The van der Waals surface area contributed by atoms with Gasteiger partial charge in [-0.3, -0.25) is 4.68 Å². The Kier molecular flexibility index (Phi) is 4.17. The first kappa shape index (κ1) is 12.9. The molecule has 5 nitrogen and oxygen atoms in total. The minimum absolute atomic E-state index is 0.124. The maximum Gasteiger partial charge on any atom is 0.120 e. The van der Waals surface area contributed by atoms with Crippen LogP contribution in [0.5, 0.6) is 5.75 Å². The Bertz CT molecular complexity index is 514. The van der Waals surface area contributed by atoms with Gasteiger partial charge in [-0.25, -0.2) is 0 Å². The zero-order valence-corrected chi connectivity index (χ0v) is 10.8. The lowest BCUT2D eigenvalue weighted by Gasteiger charge is -2.11. The number of nitrogens with zero attached hydrogens (tertiary/aromatic N) is 3. The van der Waals surface area contributed by atoms with Gasteiger partial charge in [0.25, 0.3) is 0 Å². The van der Waals surface area contributed by atoms with Gasteiger partial charge in [0.15, 0.2) is 0 Å². The van der Waals surface area contributed by atoms with E-state index in [4.69, 9.17) is 22.1 Å². The van der Waals surface area contributed by atoms with Crippen molar-refractivity contribution in [2.24, 2.45) is 12.8 Å². The molecule has 1 atom stereocenters. The lowest BCUT2D eigenvalue weighted by molar-refractivity contribution is 0.287. The average Bonchev–Trinajstić information content (AvgIpc) is 2.72. The minimum atomic E-state index is -0.124. The maximum absolute atomic E-state index is 5.97. The van der Waals surface area contributed by atoms with Gasteiger partial charge in [-0.1, -0.05) is 22.9 Å². The second-order valence-corrected chi connectivity index (χ2v) is 4.55. The van der Waals surface area contributed by atoms with Crippen molar-refractivity contribution in [2.45, 2.75) is 12.5 Å². The van der Waals surface area contributed by atoms with Gasteiger partial charge in [0, 0.05) is 30.7 Å². The van der Waals surface area contributed by atoms with Crippen LogP contribution in [0.3, 0.4) is 0 Å². The van der Waals surface area contributed by atoms with Crippen LogP contribution in [0.2, 0.25) is 5.02 Å². The van der Waals surface area contributed by atoms with Crippen molar-refractivity contribution in [1.29, 1.82) is 0 Å². The van der Waals surface area contributed by atoms with E-state index in [2.05, 4.69) is 10.3 Å². The summed E-state index contributed by atoms with van der Waals surface area (Å²) in [4.78, 5) is 0. The quantitative estimate of drug-likeness (QED) is 0.889. The number of rotatable bonds is 5. The van der Waals surface area contributed by atoms with Crippen LogP contribution >= 0.6 is 11.6 Å². The Hall–Kier alpha value is -1.59. The molecule has 0 bridgehead atoms. The summed E-state index contributed by atoms with van der Waals surface area (Å²) in [5.41, 5.74) is 6.83. The standard InChI is InChI=1S/C12H15ClN4O/c1-17-7-11(15-16-17)6-10(14)8-18-12-4-2-3-9(13)5-12/h2-5,7,10H,6,8,14H2,1H3. The van der Waals surface area contributed by atoms with E-state index in [1.54, 1.807) is 16.8 Å². The molecule has 0 fully saturated rings. The van der Waals surface area contributed by atoms with Crippen LogP contribution < -0.4 is 10.5 Å². The van der Waals surface area contributed by atoms with E-state index < -0.39 is 0 Å². The summed E-state index contributed by atoms with van der Waals surface area (Å²) < 4.78 is 7.22. The average molecular weight is 267 g/mol. The number of benzene rings is 1. The molecule has 0 aliphatic carbocycles. The van der Waals surface area contributed by atoms with Crippen LogP contribution in [0.1, 0.15) is 5.69 Å². The van der Waals surface area contributed by atoms with Crippen LogP contribution in [0.25, 0.3) is 0 Å². The second kappa shape index (κ2) is 5.84. The van der Waals surface area contributed by atoms with E-state index in [9.17, 15) is 0 Å². The number of hydrogen-bond donors (Lipinski definition) is 1. The Morgan fingerprint density at radius 3 is 3.00 bits per heavy atom. The van der Waals surface area contributed by atoms with E-state index in [1.165, 1.54) is 0 Å². The monoisotopic (exact) mass is 266 g/mol. The van der Waals surface area contributed by atoms with Crippen molar-refractivity contribution < 1.29 is 4.74 Å². The lowest BCUT2D eigenvalue weighted by atomic mass is 10.2. The van der Waals surface area contributed by atoms with Gasteiger partial charge in [0.1, 0.15) is 12.4 Å². The summed E-state index contributed by atoms with van der Waals surface area (Å²) in [7, 11) is 1.82. The Morgan fingerprint density at radius 2 is 2.33 bits per heavy atom. The Balaban J connectivity index is 1.83. The predicted octanol–water partition coefficient (Wildman–Crippen LogP) is 1.42. The number of aryl methyl sites for hydroxylation is 1. The third-order valence-electron chi connectivity index (χ3n) is 2.38. The van der Waals surface area contributed by atoms with Crippen LogP contribution in [0.4, 0.5) is 0 Å². The van der Waals surface area contributed by atoms with E-state index in [0.717, 1.165) is 11.4 Å². The summed E-state index contributed by atoms with van der Waals surface area (Å²) >= 11 is 5.86. The number of halogens is 1. The van der Waals surface area contributed by atoms with Gasteiger partial charge < -0.3 is 10.5 Å². The molecule has 2 N–H and O–H groups in total. The Morgan fingerprint density at radius 1 is 1.50 bits per heavy atom. The number of nitrogens with two attached hydrogens (primary N) is 1. The normalized spacial score (nSPS) is 12.4. The minimum Gasteiger partial charge on any atom is -0.492 e. The topological polar surface area (TPSA) is 66.0 Å². The third kappa shape index (κ3) is 3.72. The van der Waals surface area contributed by atoms with Crippen LogP contribution in [-0.2, 0) is 13.5 Å². The second-order valence-electron chi connectivity index (χ2n) is 4.12. The number of ether oxygens (including phenoxy) is 1. The molecule has 2 aromatic rings. The van der Waals surface area contributed by atoms with E-state index in [0.29, 0.717) is 18.1 Å². The molecule has 1 heterocycles. The fraction of sp³-hybridized carbons (Fsp3) is 0.333. The van der Waals surface area contributed by atoms with E-state index in [-0.39, 0.29) is 6.04 Å². The molecule has 1 aromatic carbocycles. The molecule has 0 spiro atoms. The molecule has 96 valence electrons. The van der Waals surface area contributed by atoms with Crippen LogP contribution in [0.15, 0.2) is 30.5 Å². The maximum atomic E-state index is 5.97. The molecule has 0 aliphatic heterocycles. The van der Waals surface area contributed by atoms with Crippen molar-refractivity contribution in [1.82, 2.24) is 15.0 Å². The lowest BCUT2D eigenvalue weighted by Crippen LogP contribution is -2.30. The first-order chi connectivity index (χ1) is 8.63. The number of hydrogen-bond acceptors (Lipinski definition) is 4. The summed E-state index contributed by atoms with van der Waals surface area (Å²) in [5, 5.41) is 8.48. The molecule has 6 heteroatoms. The highest BCUT2D eigenvalue weighted by molar-refractivity contribution is 6.30. The molecule has 0 aliphatic rings. The summed E-state index contributed by atoms with van der Waals surface area (Å²) in [6.07, 6.45) is 2.48. The van der Waals surface area contributed by atoms with Crippen molar-refractivity contribution in [3.8, 4) is 5.75 Å². The SMILES string of the molecule is Cn1cc(CC(N)COc2cccc(Cl)c2)nn1. The molecule has 0 saturated heterocycles. The predicted molar refractivity (Wildman–Crippen MR) is 69.6 cm³/mol. The van der Waals surface area contributed by atoms with Crippen LogP contribution in [0, 0.1) is 0 Å². The Labute approximate surface area is 111 Å².